The number of rotatable bonds is 2. The smallest absolute Gasteiger partial charge is 0.248 e. The van der Waals surface area contributed by atoms with Crippen LogP contribution in [0, 0.1) is 0 Å². The second-order valence-electron chi connectivity index (χ2n) is 2.04. The first-order chi connectivity index (χ1) is 4.74. The largest absolute Gasteiger partial charge is 0.350 e. The molecule has 10 heavy (non-hydrogen) atoms. The molecular formula is C6H8N2OS. The lowest BCUT2D eigenvalue weighted by Crippen LogP contribution is -2.27. The fourth-order valence-corrected chi connectivity index (χ4v) is 1.03. The summed E-state index contributed by atoms with van der Waals surface area (Å²) < 4.78 is 0. The lowest BCUT2D eigenvalue weighted by Gasteiger charge is -2.00. The van der Waals surface area contributed by atoms with E-state index in [0.29, 0.717) is 11.5 Å². The Hall–Kier alpha value is -0.900. The molecule has 4 heteroatoms. The molecule has 2 N–H and O–H groups in total. The van der Waals surface area contributed by atoms with Gasteiger partial charge in [-0.3, -0.25) is 4.79 Å². The Morgan fingerprint density at radius 3 is 2.90 bits per heavy atom. The molecule has 0 saturated carbocycles. The number of hydrogen-bond acceptors (Lipinski definition) is 2. The number of amides is 1. The summed E-state index contributed by atoms with van der Waals surface area (Å²) in [6.07, 6.45) is 2.30. The van der Waals surface area contributed by atoms with Gasteiger partial charge in [-0.2, -0.15) is 0 Å². The molecule has 1 heterocycles. The molecule has 0 bridgehead atoms. The highest BCUT2D eigenvalue weighted by Gasteiger charge is 2.24. The predicted octanol–water partition coefficient (Wildman–Crippen LogP) is -0.0646. The molecule has 1 amide bonds. The van der Waals surface area contributed by atoms with Crippen molar-refractivity contribution in [1.82, 2.24) is 10.6 Å². The molecule has 0 aliphatic carbocycles. The quantitative estimate of drug-likeness (QED) is 0.434. The second kappa shape index (κ2) is 2.79. The minimum absolute atomic E-state index is 0.0649. The number of nitrogens with one attached hydrogen (secondary N) is 2. The number of carbonyl (C=O) groups excluding carboxylic acids is 1. The predicted molar refractivity (Wildman–Crippen MR) is 42.5 cm³/mol. The van der Waals surface area contributed by atoms with Crippen LogP contribution < -0.4 is 10.6 Å². The molecule has 0 radical (unpaired) electrons. The molecule has 1 saturated heterocycles. The van der Waals surface area contributed by atoms with Crippen molar-refractivity contribution >= 4 is 23.2 Å². The maximum absolute atomic E-state index is 10.9. The van der Waals surface area contributed by atoms with Crippen LogP contribution >= 0.6 is 12.2 Å². The first kappa shape index (κ1) is 7.21. The highest BCUT2D eigenvalue weighted by atomic mass is 32.1. The van der Waals surface area contributed by atoms with E-state index in [1.54, 1.807) is 6.08 Å². The van der Waals surface area contributed by atoms with Crippen LogP contribution in [0.25, 0.3) is 0 Å². The Bertz CT molecular complexity index is 190. The van der Waals surface area contributed by atoms with Crippen molar-refractivity contribution in [3.8, 4) is 0 Å². The van der Waals surface area contributed by atoms with Crippen molar-refractivity contribution in [2.24, 2.45) is 0 Å². The summed E-state index contributed by atoms with van der Waals surface area (Å²) in [5.74, 6) is -0.0649. The van der Waals surface area contributed by atoms with Crippen molar-refractivity contribution in [2.45, 2.75) is 12.5 Å². The van der Waals surface area contributed by atoms with Gasteiger partial charge in [0, 0.05) is 0 Å². The second-order valence-corrected chi connectivity index (χ2v) is 2.45. The first-order valence-corrected chi connectivity index (χ1v) is 3.37. The molecule has 1 fully saturated rings. The van der Waals surface area contributed by atoms with Crippen LogP contribution in [0.1, 0.15) is 6.42 Å². The third-order valence-electron chi connectivity index (χ3n) is 1.26. The van der Waals surface area contributed by atoms with Gasteiger partial charge in [-0.15, -0.1) is 6.58 Å². The Morgan fingerprint density at radius 2 is 2.50 bits per heavy atom. The van der Waals surface area contributed by atoms with Crippen molar-refractivity contribution in [3.63, 3.8) is 0 Å². The molecule has 0 aromatic carbocycles. The van der Waals surface area contributed by atoms with Gasteiger partial charge < -0.3 is 10.6 Å². The summed E-state index contributed by atoms with van der Waals surface area (Å²) in [4.78, 5) is 10.9. The maximum Gasteiger partial charge on any atom is 0.248 e. The molecule has 3 nitrogen and oxygen atoms in total. The van der Waals surface area contributed by atoms with Crippen LogP contribution in [0.3, 0.4) is 0 Å². The SMILES string of the molecule is C=CCC1NC(=S)NC1=O. The average molecular weight is 156 g/mol. The standard InChI is InChI=1S/C6H8N2OS/c1-2-3-4-5(9)8-6(10)7-4/h2,4H,1,3H2,(H2,7,8,9,10). The van der Waals surface area contributed by atoms with Gasteiger partial charge >= 0.3 is 0 Å². The Morgan fingerprint density at radius 1 is 1.80 bits per heavy atom. The summed E-state index contributed by atoms with van der Waals surface area (Å²) in [5.41, 5.74) is 0. The number of thiocarbonyl (C=S) groups is 1. The zero-order valence-corrected chi connectivity index (χ0v) is 6.20. The lowest BCUT2D eigenvalue weighted by molar-refractivity contribution is -0.120. The van der Waals surface area contributed by atoms with Crippen molar-refractivity contribution < 1.29 is 4.79 Å². The van der Waals surface area contributed by atoms with E-state index < -0.39 is 0 Å². The first-order valence-electron chi connectivity index (χ1n) is 2.96. The zero-order valence-electron chi connectivity index (χ0n) is 5.39. The summed E-state index contributed by atoms with van der Waals surface area (Å²) in [6, 6.07) is -0.204. The van der Waals surface area contributed by atoms with Crippen LogP contribution in [0.4, 0.5) is 0 Å². The van der Waals surface area contributed by atoms with E-state index in [1.165, 1.54) is 0 Å². The molecule has 1 unspecified atom stereocenters. The van der Waals surface area contributed by atoms with Gasteiger partial charge in [-0.05, 0) is 18.6 Å². The Kier molecular flexibility index (Phi) is 2.01. The van der Waals surface area contributed by atoms with E-state index in [1.807, 2.05) is 0 Å². The lowest BCUT2D eigenvalue weighted by atomic mass is 10.2. The van der Waals surface area contributed by atoms with Gasteiger partial charge in [0.05, 0.1) is 0 Å². The van der Waals surface area contributed by atoms with E-state index in [-0.39, 0.29) is 11.9 Å². The molecular weight excluding hydrogens is 148 g/mol. The van der Waals surface area contributed by atoms with Gasteiger partial charge in [0.2, 0.25) is 5.91 Å². The van der Waals surface area contributed by atoms with Crippen molar-refractivity contribution in [2.75, 3.05) is 0 Å². The van der Waals surface area contributed by atoms with Gasteiger partial charge in [-0.25, -0.2) is 0 Å². The topological polar surface area (TPSA) is 41.1 Å². The Labute approximate surface area is 64.5 Å². The van der Waals surface area contributed by atoms with Crippen LogP contribution in [-0.4, -0.2) is 17.1 Å². The van der Waals surface area contributed by atoms with E-state index >= 15 is 0 Å². The molecule has 1 aliphatic heterocycles. The van der Waals surface area contributed by atoms with Crippen LogP contribution in [0.5, 0.6) is 0 Å². The molecule has 0 spiro atoms. The highest BCUT2D eigenvalue weighted by molar-refractivity contribution is 7.80. The van der Waals surface area contributed by atoms with Crippen molar-refractivity contribution in [1.29, 1.82) is 0 Å². The van der Waals surface area contributed by atoms with Crippen LogP contribution in [0.15, 0.2) is 12.7 Å². The van der Waals surface area contributed by atoms with E-state index in [2.05, 4.69) is 17.2 Å². The monoisotopic (exact) mass is 156 g/mol. The third kappa shape index (κ3) is 1.33. The summed E-state index contributed by atoms with van der Waals surface area (Å²) in [7, 11) is 0. The zero-order chi connectivity index (χ0) is 7.56. The van der Waals surface area contributed by atoms with Crippen LogP contribution in [0.2, 0.25) is 0 Å². The molecule has 54 valence electrons. The van der Waals surface area contributed by atoms with Gasteiger partial charge in [-0.1, -0.05) is 6.08 Å². The van der Waals surface area contributed by atoms with E-state index in [4.69, 9.17) is 12.2 Å². The minimum Gasteiger partial charge on any atom is -0.350 e. The van der Waals surface area contributed by atoms with Crippen LogP contribution in [-0.2, 0) is 4.79 Å². The molecule has 0 aromatic heterocycles. The minimum atomic E-state index is -0.204. The van der Waals surface area contributed by atoms with Crippen molar-refractivity contribution in [3.05, 3.63) is 12.7 Å². The van der Waals surface area contributed by atoms with Gasteiger partial charge in [0.1, 0.15) is 6.04 Å². The fraction of sp³-hybridized carbons (Fsp3) is 0.333. The third-order valence-corrected chi connectivity index (χ3v) is 1.48. The summed E-state index contributed by atoms with van der Waals surface area (Å²) in [6.45, 7) is 3.52. The van der Waals surface area contributed by atoms with Gasteiger partial charge in [0.15, 0.2) is 5.11 Å². The van der Waals surface area contributed by atoms with E-state index in [0.717, 1.165) is 0 Å². The number of carbonyl (C=O) groups is 1. The summed E-state index contributed by atoms with van der Waals surface area (Å²) >= 11 is 4.71. The molecule has 1 aliphatic rings. The molecule has 1 rings (SSSR count). The fourth-order valence-electron chi connectivity index (χ4n) is 0.792. The molecule has 1 atom stereocenters. The average Bonchev–Trinajstić information content (AvgIpc) is 2.13. The molecule has 0 aromatic rings. The normalized spacial score (nSPS) is 23.8. The maximum atomic E-state index is 10.9. The van der Waals surface area contributed by atoms with E-state index in [9.17, 15) is 4.79 Å². The number of hydrogen-bond donors (Lipinski definition) is 2. The summed E-state index contributed by atoms with van der Waals surface area (Å²) in [5, 5.41) is 5.70. The highest BCUT2D eigenvalue weighted by Crippen LogP contribution is 1.98. The Balaban J connectivity index is 2.54. The van der Waals surface area contributed by atoms with Gasteiger partial charge in [0.25, 0.3) is 0 Å².